The molecule has 110 valence electrons. The highest BCUT2D eigenvalue weighted by atomic mass is 35.5. The molecule has 1 aromatic heterocycles. The molecule has 2 aromatic rings. The van der Waals surface area contributed by atoms with E-state index in [4.69, 9.17) is 11.6 Å². The summed E-state index contributed by atoms with van der Waals surface area (Å²) in [6.07, 6.45) is 3.73. The first-order valence-corrected chi connectivity index (χ1v) is 7.75. The van der Waals surface area contributed by atoms with Crippen molar-refractivity contribution in [2.24, 2.45) is 0 Å². The number of rotatable bonds is 4. The van der Waals surface area contributed by atoms with Gasteiger partial charge in [-0.1, -0.05) is 23.7 Å². The summed E-state index contributed by atoms with van der Waals surface area (Å²) in [7, 11) is 0. The predicted octanol–water partition coefficient (Wildman–Crippen LogP) is 3.05. The van der Waals surface area contributed by atoms with E-state index < -0.39 is 0 Å². The van der Waals surface area contributed by atoms with Crippen molar-refractivity contribution >= 4 is 11.6 Å². The number of pyridine rings is 1. The van der Waals surface area contributed by atoms with Crippen molar-refractivity contribution in [2.45, 2.75) is 13.1 Å². The Hall–Kier alpha value is -1.42. The van der Waals surface area contributed by atoms with Crippen LogP contribution in [-0.2, 0) is 13.1 Å². The van der Waals surface area contributed by atoms with Crippen LogP contribution in [0.2, 0.25) is 5.02 Å². The van der Waals surface area contributed by atoms with E-state index in [1.54, 1.807) is 0 Å². The molecule has 1 aromatic carbocycles. The van der Waals surface area contributed by atoms with E-state index in [1.807, 2.05) is 24.5 Å². The van der Waals surface area contributed by atoms with Crippen LogP contribution >= 0.6 is 11.6 Å². The van der Waals surface area contributed by atoms with Gasteiger partial charge in [-0.2, -0.15) is 0 Å². The van der Waals surface area contributed by atoms with Crippen LogP contribution in [0.1, 0.15) is 11.1 Å². The SMILES string of the molecule is Clc1ccc(CN2CCN(Cc3ccncc3)CC2)cc1. The van der Waals surface area contributed by atoms with Crippen molar-refractivity contribution in [3.05, 3.63) is 64.9 Å². The van der Waals surface area contributed by atoms with Gasteiger partial charge in [0.05, 0.1) is 0 Å². The van der Waals surface area contributed by atoms with Gasteiger partial charge in [-0.05, 0) is 35.4 Å². The van der Waals surface area contributed by atoms with Crippen molar-refractivity contribution in [3.8, 4) is 0 Å². The smallest absolute Gasteiger partial charge is 0.0406 e. The lowest BCUT2D eigenvalue weighted by molar-refractivity contribution is 0.122. The first kappa shape index (κ1) is 14.5. The van der Waals surface area contributed by atoms with E-state index in [0.717, 1.165) is 44.3 Å². The molecule has 0 bridgehead atoms. The Morgan fingerprint density at radius 3 is 1.76 bits per heavy atom. The molecule has 2 heterocycles. The number of halogens is 1. The molecule has 1 saturated heterocycles. The first-order valence-electron chi connectivity index (χ1n) is 7.38. The zero-order valence-corrected chi connectivity index (χ0v) is 12.8. The fraction of sp³-hybridized carbons (Fsp3) is 0.353. The lowest BCUT2D eigenvalue weighted by Crippen LogP contribution is -2.45. The lowest BCUT2D eigenvalue weighted by atomic mass is 10.2. The Kier molecular flexibility index (Phi) is 4.86. The summed E-state index contributed by atoms with van der Waals surface area (Å²) >= 11 is 5.93. The van der Waals surface area contributed by atoms with Crippen LogP contribution in [-0.4, -0.2) is 41.0 Å². The fourth-order valence-electron chi connectivity index (χ4n) is 2.70. The standard InChI is InChI=1S/C17H20ClN3/c18-17-3-1-15(2-4-17)13-20-9-11-21(12-10-20)14-16-5-7-19-8-6-16/h1-8H,9-14H2. The van der Waals surface area contributed by atoms with Crippen LogP contribution in [0.25, 0.3) is 0 Å². The molecule has 0 amide bonds. The van der Waals surface area contributed by atoms with E-state index in [2.05, 4.69) is 39.0 Å². The third-order valence-corrected chi connectivity index (χ3v) is 4.19. The maximum absolute atomic E-state index is 5.93. The molecule has 1 aliphatic rings. The van der Waals surface area contributed by atoms with E-state index in [-0.39, 0.29) is 0 Å². The van der Waals surface area contributed by atoms with Crippen molar-refractivity contribution < 1.29 is 0 Å². The fourth-order valence-corrected chi connectivity index (χ4v) is 2.83. The molecular weight excluding hydrogens is 282 g/mol. The zero-order chi connectivity index (χ0) is 14.5. The van der Waals surface area contributed by atoms with Crippen molar-refractivity contribution in [1.29, 1.82) is 0 Å². The molecule has 0 atom stereocenters. The van der Waals surface area contributed by atoms with Crippen LogP contribution in [0, 0.1) is 0 Å². The Balaban J connectivity index is 1.47. The Labute approximate surface area is 131 Å². The Bertz CT molecular complexity index is 548. The van der Waals surface area contributed by atoms with Crippen molar-refractivity contribution in [1.82, 2.24) is 14.8 Å². The van der Waals surface area contributed by atoms with Crippen LogP contribution < -0.4 is 0 Å². The molecule has 4 heteroatoms. The summed E-state index contributed by atoms with van der Waals surface area (Å²) < 4.78 is 0. The summed E-state index contributed by atoms with van der Waals surface area (Å²) in [6, 6.07) is 12.4. The Morgan fingerprint density at radius 2 is 1.24 bits per heavy atom. The number of aromatic nitrogens is 1. The molecule has 0 aliphatic carbocycles. The van der Waals surface area contributed by atoms with E-state index in [0.29, 0.717) is 0 Å². The second-order valence-corrected chi connectivity index (χ2v) is 5.97. The molecule has 3 nitrogen and oxygen atoms in total. The minimum atomic E-state index is 0.806. The number of benzene rings is 1. The minimum Gasteiger partial charge on any atom is -0.297 e. The van der Waals surface area contributed by atoms with Gasteiger partial charge in [-0.15, -0.1) is 0 Å². The molecule has 0 spiro atoms. The van der Waals surface area contributed by atoms with Gasteiger partial charge < -0.3 is 0 Å². The van der Waals surface area contributed by atoms with Gasteiger partial charge in [0.15, 0.2) is 0 Å². The van der Waals surface area contributed by atoms with Crippen LogP contribution in [0.15, 0.2) is 48.8 Å². The summed E-state index contributed by atoms with van der Waals surface area (Å²) in [5, 5.41) is 0.806. The number of hydrogen-bond donors (Lipinski definition) is 0. The van der Waals surface area contributed by atoms with Crippen molar-refractivity contribution in [2.75, 3.05) is 26.2 Å². The highest BCUT2D eigenvalue weighted by Gasteiger charge is 2.16. The second-order valence-electron chi connectivity index (χ2n) is 5.53. The largest absolute Gasteiger partial charge is 0.297 e. The monoisotopic (exact) mass is 301 g/mol. The normalized spacial score (nSPS) is 17.0. The van der Waals surface area contributed by atoms with E-state index in [1.165, 1.54) is 11.1 Å². The number of piperazine rings is 1. The van der Waals surface area contributed by atoms with Gasteiger partial charge in [0.2, 0.25) is 0 Å². The summed E-state index contributed by atoms with van der Waals surface area (Å²) in [4.78, 5) is 9.08. The van der Waals surface area contributed by atoms with Gasteiger partial charge in [0.1, 0.15) is 0 Å². The van der Waals surface area contributed by atoms with Crippen molar-refractivity contribution in [3.63, 3.8) is 0 Å². The van der Waals surface area contributed by atoms with Crippen LogP contribution in [0.5, 0.6) is 0 Å². The molecule has 0 radical (unpaired) electrons. The quantitative estimate of drug-likeness (QED) is 0.865. The zero-order valence-electron chi connectivity index (χ0n) is 12.1. The van der Waals surface area contributed by atoms with Crippen LogP contribution in [0.4, 0.5) is 0 Å². The Morgan fingerprint density at radius 1 is 0.762 bits per heavy atom. The van der Waals surface area contributed by atoms with Crippen LogP contribution in [0.3, 0.4) is 0 Å². The van der Waals surface area contributed by atoms with Gasteiger partial charge in [0.25, 0.3) is 0 Å². The average molecular weight is 302 g/mol. The maximum atomic E-state index is 5.93. The topological polar surface area (TPSA) is 19.4 Å². The van der Waals surface area contributed by atoms with E-state index >= 15 is 0 Å². The maximum Gasteiger partial charge on any atom is 0.0406 e. The lowest BCUT2D eigenvalue weighted by Gasteiger charge is -2.34. The summed E-state index contributed by atoms with van der Waals surface area (Å²) in [6.45, 7) is 6.52. The minimum absolute atomic E-state index is 0.806. The molecule has 0 saturated carbocycles. The highest BCUT2D eigenvalue weighted by molar-refractivity contribution is 6.30. The first-order chi connectivity index (χ1) is 10.3. The average Bonchev–Trinajstić information content (AvgIpc) is 2.53. The predicted molar refractivity (Wildman–Crippen MR) is 86.2 cm³/mol. The molecule has 0 unspecified atom stereocenters. The summed E-state index contributed by atoms with van der Waals surface area (Å²) in [5.74, 6) is 0. The molecule has 21 heavy (non-hydrogen) atoms. The molecule has 0 N–H and O–H groups in total. The van der Waals surface area contributed by atoms with Gasteiger partial charge >= 0.3 is 0 Å². The molecule has 1 fully saturated rings. The van der Waals surface area contributed by atoms with Gasteiger partial charge in [0, 0.05) is 56.7 Å². The number of hydrogen-bond acceptors (Lipinski definition) is 3. The molecule has 1 aliphatic heterocycles. The van der Waals surface area contributed by atoms with Gasteiger partial charge in [-0.3, -0.25) is 14.8 Å². The van der Waals surface area contributed by atoms with E-state index in [9.17, 15) is 0 Å². The third kappa shape index (κ3) is 4.27. The highest BCUT2D eigenvalue weighted by Crippen LogP contribution is 2.13. The molecular formula is C17H20ClN3. The van der Waals surface area contributed by atoms with Gasteiger partial charge in [-0.25, -0.2) is 0 Å². The summed E-state index contributed by atoms with van der Waals surface area (Å²) in [5.41, 5.74) is 2.68. The third-order valence-electron chi connectivity index (χ3n) is 3.94. The number of nitrogens with zero attached hydrogens (tertiary/aromatic N) is 3. The molecule has 3 rings (SSSR count). The second kappa shape index (κ2) is 7.03.